The number of carboxylic acids is 1. The SMILES string of the molecule is CC1CC2C=CC1(C1CCCC(C(=O)O)C1)O2. The molecule has 0 spiro atoms. The summed E-state index contributed by atoms with van der Waals surface area (Å²) in [4.78, 5) is 11.1. The molecule has 2 fully saturated rings. The molecule has 17 heavy (non-hydrogen) atoms. The van der Waals surface area contributed by atoms with Crippen LogP contribution < -0.4 is 0 Å². The van der Waals surface area contributed by atoms with E-state index < -0.39 is 5.97 Å². The number of ether oxygens (including phenoxy) is 1. The highest BCUT2D eigenvalue weighted by atomic mass is 16.5. The molecular formula is C14H20O3. The molecule has 0 amide bonds. The first-order valence-corrected chi connectivity index (χ1v) is 6.72. The first-order chi connectivity index (χ1) is 8.12. The van der Waals surface area contributed by atoms with Crippen molar-refractivity contribution in [2.75, 3.05) is 0 Å². The summed E-state index contributed by atoms with van der Waals surface area (Å²) < 4.78 is 6.14. The second kappa shape index (κ2) is 3.84. The summed E-state index contributed by atoms with van der Waals surface area (Å²) in [5.41, 5.74) is -0.140. The quantitative estimate of drug-likeness (QED) is 0.750. The highest BCUT2D eigenvalue weighted by Gasteiger charge is 2.53. The molecule has 2 bridgehead atoms. The molecule has 1 saturated carbocycles. The molecule has 94 valence electrons. The molecule has 3 rings (SSSR count). The topological polar surface area (TPSA) is 46.5 Å². The molecule has 3 nitrogen and oxygen atoms in total. The minimum Gasteiger partial charge on any atom is -0.481 e. The van der Waals surface area contributed by atoms with Gasteiger partial charge in [0.1, 0.15) is 0 Å². The highest BCUT2D eigenvalue weighted by Crippen LogP contribution is 2.52. The fourth-order valence-electron chi connectivity index (χ4n) is 4.00. The molecule has 5 unspecified atom stereocenters. The van der Waals surface area contributed by atoms with E-state index >= 15 is 0 Å². The normalized spacial score (nSPS) is 48.5. The molecule has 3 aliphatic rings. The zero-order valence-corrected chi connectivity index (χ0v) is 10.3. The Balaban J connectivity index is 1.80. The van der Waals surface area contributed by atoms with Crippen molar-refractivity contribution >= 4 is 5.97 Å². The molecule has 5 atom stereocenters. The monoisotopic (exact) mass is 236 g/mol. The maximum absolute atomic E-state index is 11.1. The second-order valence-corrected chi connectivity index (χ2v) is 5.90. The summed E-state index contributed by atoms with van der Waals surface area (Å²) in [5.74, 6) is 0.147. The third-order valence-electron chi connectivity index (χ3n) is 4.94. The van der Waals surface area contributed by atoms with Crippen molar-refractivity contribution in [1.29, 1.82) is 0 Å². The van der Waals surface area contributed by atoms with Crippen LogP contribution in [-0.2, 0) is 9.53 Å². The molecule has 0 radical (unpaired) electrons. The molecular weight excluding hydrogens is 216 g/mol. The summed E-state index contributed by atoms with van der Waals surface area (Å²) in [7, 11) is 0. The van der Waals surface area contributed by atoms with Gasteiger partial charge in [-0.3, -0.25) is 4.79 Å². The van der Waals surface area contributed by atoms with E-state index in [0.717, 1.165) is 32.1 Å². The van der Waals surface area contributed by atoms with Gasteiger partial charge in [0.2, 0.25) is 0 Å². The average Bonchev–Trinajstić information content (AvgIpc) is 2.87. The molecule has 1 N–H and O–H groups in total. The van der Waals surface area contributed by atoms with E-state index in [9.17, 15) is 9.90 Å². The van der Waals surface area contributed by atoms with Gasteiger partial charge in [-0.05, 0) is 37.5 Å². The summed E-state index contributed by atoms with van der Waals surface area (Å²) in [6.07, 6.45) is 9.55. The number of hydrogen-bond acceptors (Lipinski definition) is 2. The van der Waals surface area contributed by atoms with Crippen molar-refractivity contribution in [3.63, 3.8) is 0 Å². The number of fused-ring (bicyclic) bond motifs is 2. The Morgan fingerprint density at radius 2 is 2.24 bits per heavy atom. The van der Waals surface area contributed by atoms with E-state index in [0.29, 0.717) is 11.8 Å². The van der Waals surface area contributed by atoms with Crippen LogP contribution in [0.3, 0.4) is 0 Å². The van der Waals surface area contributed by atoms with Crippen LogP contribution in [0.15, 0.2) is 12.2 Å². The van der Waals surface area contributed by atoms with Gasteiger partial charge in [-0.15, -0.1) is 0 Å². The van der Waals surface area contributed by atoms with Gasteiger partial charge in [0.05, 0.1) is 17.6 Å². The standard InChI is InChI=1S/C14H20O3/c1-9-7-12-5-6-14(9,17-12)11-4-2-3-10(8-11)13(15)16/h5-6,9-12H,2-4,7-8H2,1H3,(H,15,16). The van der Waals surface area contributed by atoms with E-state index in [4.69, 9.17) is 4.74 Å². The number of carbonyl (C=O) groups is 1. The lowest BCUT2D eigenvalue weighted by atomic mass is 9.67. The maximum atomic E-state index is 11.1. The van der Waals surface area contributed by atoms with Crippen molar-refractivity contribution in [1.82, 2.24) is 0 Å². The number of aliphatic carboxylic acids is 1. The van der Waals surface area contributed by atoms with Gasteiger partial charge in [-0.1, -0.05) is 25.5 Å². The first-order valence-electron chi connectivity index (χ1n) is 6.72. The lowest BCUT2D eigenvalue weighted by molar-refractivity contribution is -0.145. The Labute approximate surface area is 102 Å². The molecule has 2 heterocycles. The van der Waals surface area contributed by atoms with Crippen molar-refractivity contribution < 1.29 is 14.6 Å². The van der Waals surface area contributed by atoms with E-state index in [1.165, 1.54) is 0 Å². The lowest BCUT2D eigenvalue weighted by Crippen LogP contribution is -2.42. The third-order valence-corrected chi connectivity index (χ3v) is 4.94. The van der Waals surface area contributed by atoms with Crippen LogP contribution in [0.1, 0.15) is 39.0 Å². The molecule has 0 aromatic carbocycles. The fourth-order valence-corrected chi connectivity index (χ4v) is 4.00. The van der Waals surface area contributed by atoms with Gasteiger partial charge in [-0.2, -0.15) is 0 Å². The van der Waals surface area contributed by atoms with Gasteiger partial charge < -0.3 is 9.84 Å². The predicted molar refractivity (Wildman–Crippen MR) is 63.6 cm³/mol. The predicted octanol–water partition coefficient (Wildman–Crippen LogP) is 2.61. The zero-order valence-electron chi connectivity index (χ0n) is 10.3. The Bertz CT molecular complexity index is 362. The van der Waals surface area contributed by atoms with Crippen molar-refractivity contribution in [2.24, 2.45) is 17.8 Å². The Morgan fingerprint density at radius 3 is 2.82 bits per heavy atom. The Morgan fingerprint density at radius 1 is 1.41 bits per heavy atom. The average molecular weight is 236 g/mol. The molecule has 1 saturated heterocycles. The summed E-state index contributed by atoms with van der Waals surface area (Å²) in [5, 5.41) is 9.17. The van der Waals surface area contributed by atoms with Crippen molar-refractivity contribution in [3.05, 3.63) is 12.2 Å². The van der Waals surface area contributed by atoms with Crippen LogP contribution in [0.4, 0.5) is 0 Å². The largest absolute Gasteiger partial charge is 0.481 e. The Hall–Kier alpha value is -0.830. The van der Waals surface area contributed by atoms with Crippen LogP contribution in [0.2, 0.25) is 0 Å². The minimum absolute atomic E-state index is 0.140. The van der Waals surface area contributed by atoms with Crippen LogP contribution in [0, 0.1) is 17.8 Å². The number of hydrogen-bond donors (Lipinski definition) is 1. The van der Waals surface area contributed by atoms with Crippen molar-refractivity contribution in [2.45, 2.75) is 50.7 Å². The van der Waals surface area contributed by atoms with Gasteiger partial charge in [0, 0.05) is 0 Å². The molecule has 1 aliphatic carbocycles. The van der Waals surface area contributed by atoms with Gasteiger partial charge in [0.25, 0.3) is 0 Å². The van der Waals surface area contributed by atoms with Crippen LogP contribution in [0.5, 0.6) is 0 Å². The molecule has 0 aromatic rings. The second-order valence-electron chi connectivity index (χ2n) is 5.90. The van der Waals surface area contributed by atoms with E-state index in [1.807, 2.05) is 0 Å². The minimum atomic E-state index is -0.629. The van der Waals surface area contributed by atoms with Gasteiger partial charge in [-0.25, -0.2) is 0 Å². The number of carboxylic acid groups (broad SMARTS) is 1. The Kier molecular flexibility index (Phi) is 2.54. The zero-order chi connectivity index (χ0) is 12.0. The van der Waals surface area contributed by atoms with E-state index in [-0.39, 0.29) is 17.6 Å². The summed E-state index contributed by atoms with van der Waals surface area (Å²) in [6, 6.07) is 0. The van der Waals surface area contributed by atoms with E-state index in [1.54, 1.807) is 0 Å². The van der Waals surface area contributed by atoms with Gasteiger partial charge >= 0.3 is 5.97 Å². The number of rotatable bonds is 2. The highest BCUT2D eigenvalue weighted by molar-refractivity contribution is 5.70. The molecule has 3 heteroatoms. The summed E-state index contributed by atoms with van der Waals surface area (Å²) in [6.45, 7) is 2.24. The first kappa shape index (κ1) is 11.3. The third kappa shape index (κ3) is 1.63. The molecule has 0 aromatic heterocycles. The molecule has 2 aliphatic heterocycles. The smallest absolute Gasteiger partial charge is 0.306 e. The maximum Gasteiger partial charge on any atom is 0.306 e. The summed E-state index contributed by atoms with van der Waals surface area (Å²) >= 11 is 0. The fraction of sp³-hybridized carbons (Fsp3) is 0.786. The van der Waals surface area contributed by atoms with Gasteiger partial charge in [0.15, 0.2) is 0 Å². The van der Waals surface area contributed by atoms with E-state index in [2.05, 4.69) is 19.1 Å². The van der Waals surface area contributed by atoms with Crippen LogP contribution in [0.25, 0.3) is 0 Å². The lowest BCUT2D eigenvalue weighted by Gasteiger charge is -2.40. The van der Waals surface area contributed by atoms with Crippen LogP contribution in [-0.4, -0.2) is 22.8 Å². The van der Waals surface area contributed by atoms with Crippen LogP contribution >= 0.6 is 0 Å². The van der Waals surface area contributed by atoms with Crippen molar-refractivity contribution in [3.8, 4) is 0 Å².